The number of phenolic OH excluding ortho intramolecular Hbond substituents is 2. The van der Waals surface area contributed by atoms with E-state index in [2.05, 4.69) is 0 Å². The first kappa shape index (κ1) is 10.6. The van der Waals surface area contributed by atoms with Gasteiger partial charge in [0.1, 0.15) is 11.5 Å². The minimum atomic E-state index is -3.23. The molecular formula is C9H10O4S. The first-order chi connectivity index (χ1) is 6.38. The highest BCUT2D eigenvalue weighted by atomic mass is 32.2. The van der Waals surface area contributed by atoms with Gasteiger partial charge < -0.3 is 10.2 Å². The number of hydrogen-bond donors (Lipinski definition) is 2. The van der Waals surface area contributed by atoms with Gasteiger partial charge in [-0.05, 0) is 24.3 Å². The Hall–Kier alpha value is -1.49. The molecule has 0 aliphatic heterocycles. The van der Waals surface area contributed by atoms with Crippen molar-refractivity contribution in [2.75, 3.05) is 6.26 Å². The Morgan fingerprint density at radius 1 is 1.29 bits per heavy atom. The van der Waals surface area contributed by atoms with Gasteiger partial charge in [0.25, 0.3) is 0 Å². The van der Waals surface area contributed by atoms with Crippen molar-refractivity contribution in [1.29, 1.82) is 0 Å². The summed E-state index contributed by atoms with van der Waals surface area (Å²) in [6.07, 6.45) is 2.27. The van der Waals surface area contributed by atoms with Gasteiger partial charge >= 0.3 is 0 Å². The fraction of sp³-hybridized carbons (Fsp3) is 0.111. The molecule has 0 fully saturated rings. The number of hydrogen-bond acceptors (Lipinski definition) is 4. The van der Waals surface area contributed by atoms with Crippen molar-refractivity contribution < 1.29 is 18.6 Å². The van der Waals surface area contributed by atoms with Gasteiger partial charge in [-0.3, -0.25) is 0 Å². The van der Waals surface area contributed by atoms with Crippen LogP contribution in [0.5, 0.6) is 11.5 Å². The molecule has 0 unspecified atom stereocenters. The molecule has 0 amide bonds. The summed E-state index contributed by atoms with van der Waals surface area (Å²) in [6, 6.07) is 3.88. The van der Waals surface area contributed by atoms with Crippen molar-refractivity contribution in [3.05, 3.63) is 29.2 Å². The van der Waals surface area contributed by atoms with Crippen molar-refractivity contribution in [1.82, 2.24) is 0 Å². The van der Waals surface area contributed by atoms with Crippen LogP contribution < -0.4 is 0 Å². The van der Waals surface area contributed by atoms with Gasteiger partial charge in [0.05, 0.1) is 0 Å². The molecule has 1 rings (SSSR count). The summed E-state index contributed by atoms with van der Waals surface area (Å²) in [7, 11) is -3.23. The Labute approximate surface area is 82.1 Å². The van der Waals surface area contributed by atoms with Gasteiger partial charge in [-0.1, -0.05) is 0 Å². The average molecular weight is 214 g/mol. The topological polar surface area (TPSA) is 74.6 Å². The smallest absolute Gasteiger partial charge is 0.168 e. The molecule has 0 saturated heterocycles. The molecule has 0 radical (unpaired) electrons. The van der Waals surface area contributed by atoms with Crippen LogP contribution in [-0.2, 0) is 9.84 Å². The summed E-state index contributed by atoms with van der Waals surface area (Å²) < 4.78 is 21.5. The zero-order valence-corrected chi connectivity index (χ0v) is 8.32. The third-order valence-corrected chi connectivity index (χ3v) is 2.14. The molecule has 0 heterocycles. The SMILES string of the molecule is CS(=O)(=O)/C=C/c1cc(O)ccc1O. The van der Waals surface area contributed by atoms with Crippen LogP contribution in [0.25, 0.3) is 6.08 Å². The van der Waals surface area contributed by atoms with E-state index in [9.17, 15) is 13.5 Å². The molecule has 0 atom stereocenters. The quantitative estimate of drug-likeness (QED) is 0.723. The van der Waals surface area contributed by atoms with E-state index >= 15 is 0 Å². The van der Waals surface area contributed by atoms with E-state index in [0.717, 1.165) is 11.7 Å². The van der Waals surface area contributed by atoms with E-state index in [1.165, 1.54) is 24.3 Å². The molecule has 2 N–H and O–H groups in total. The maximum absolute atomic E-state index is 10.8. The lowest BCUT2D eigenvalue weighted by atomic mass is 10.2. The first-order valence-corrected chi connectivity index (χ1v) is 5.74. The Balaban J connectivity index is 3.09. The molecular weight excluding hydrogens is 204 g/mol. The van der Waals surface area contributed by atoms with E-state index in [1.807, 2.05) is 0 Å². The minimum absolute atomic E-state index is 0.0315. The lowest BCUT2D eigenvalue weighted by Gasteiger charge is -1.98. The molecule has 76 valence electrons. The van der Waals surface area contributed by atoms with Crippen molar-refractivity contribution in [3.8, 4) is 11.5 Å². The average Bonchev–Trinajstić information content (AvgIpc) is 2.05. The molecule has 0 aliphatic rings. The highest BCUT2D eigenvalue weighted by Gasteiger charge is 2.00. The number of phenols is 2. The van der Waals surface area contributed by atoms with E-state index in [4.69, 9.17) is 5.11 Å². The van der Waals surface area contributed by atoms with E-state index < -0.39 is 9.84 Å². The summed E-state index contributed by atoms with van der Waals surface area (Å²) in [5.41, 5.74) is 0.260. The van der Waals surface area contributed by atoms with Crippen LogP contribution >= 0.6 is 0 Å². The van der Waals surface area contributed by atoms with Crippen LogP contribution in [0.1, 0.15) is 5.56 Å². The van der Waals surface area contributed by atoms with Crippen LogP contribution in [0.4, 0.5) is 0 Å². The zero-order chi connectivity index (χ0) is 10.8. The molecule has 0 aromatic heterocycles. The lowest BCUT2D eigenvalue weighted by Crippen LogP contribution is -1.87. The molecule has 14 heavy (non-hydrogen) atoms. The molecule has 0 bridgehead atoms. The monoisotopic (exact) mass is 214 g/mol. The third kappa shape index (κ3) is 3.10. The van der Waals surface area contributed by atoms with E-state index in [1.54, 1.807) is 0 Å². The second kappa shape index (κ2) is 3.71. The fourth-order valence-electron chi connectivity index (χ4n) is 0.872. The van der Waals surface area contributed by atoms with Gasteiger partial charge in [0.15, 0.2) is 9.84 Å². The maximum Gasteiger partial charge on any atom is 0.168 e. The third-order valence-electron chi connectivity index (χ3n) is 1.51. The summed E-state index contributed by atoms with van der Waals surface area (Å²) in [4.78, 5) is 0. The zero-order valence-electron chi connectivity index (χ0n) is 7.51. The van der Waals surface area contributed by atoms with Gasteiger partial charge in [0.2, 0.25) is 0 Å². The molecule has 0 saturated carbocycles. The van der Waals surface area contributed by atoms with Crippen LogP contribution in [-0.4, -0.2) is 24.9 Å². The van der Waals surface area contributed by atoms with Gasteiger partial charge in [-0.2, -0.15) is 0 Å². The van der Waals surface area contributed by atoms with Crippen LogP contribution in [0, 0.1) is 0 Å². The van der Waals surface area contributed by atoms with Crippen molar-refractivity contribution in [2.24, 2.45) is 0 Å². The summed E-state index contributed by atoms with van der Waals surface area (Å²) >= 11 is 0. The van der Waals surface area contributed by atoms with Crippen LogP contribution in [0.3, 0.4) is 0 Å². The minimum Gasteiger partial charge on any atom is -0.508 e. The van der Waals surface area contributed by atoms with Crippen molar-refractivity contribution >= 4 is 15.9 Å². The number of benzene rings is 1. The second-order valence-corrected chi connectivity index (χ2v) is 4.81. The van der Waals surface area contributed by atoms with Gasteiger partial charge in [-0.25, -0.2) is 8.42 Å². The Morgan fingerprint density at radius 2 is 1.93 bits per heavy atom. The van der Waals surface area contributed by atoms with E-state index in [-0.39, 0.29) is 17.1 Å². The summed E-state index contributed by atoms with van der Waals surface area (Å²) in [5, 5.41) is 19.3. The van der Waals surface area contributed by atoms with Gasteiger partial charge in [-0.15, -0.1) is 0 Å². The molecule has 4 nitrogen and oxygen atoms in total. The number of rotatable bonds is 2. The molecule has 0 spiro atoms. The lowest BCUT2D eigenvalue weighted by molar-refractivity contribution is 0.459. The predicted molar refractivity (Wildman–Crippen MR) is 53.6 cm³/mol. The number of sulfone groups is 1. The molecule has 1 aromatic rings. The van der Waals surface area contributed by atoms with Crippen molar-refractivity contribution in [2.45, 2.75) is 0 Å². The standard InChI is InChI=1S/C9H10O4S/c1-14(12,13)5-4-7-6-8(10)2-3-9(7)11/h2-6,10-11H,1H3/b5-4+. The van der Waals surface area contributed by atoms with Gasteiger partial charge in [0, 0.05) is 17.2 Å². The van der Waals surface area contributed by atoms with Crippen LogP contribution in [0.2, 0.25) is 0 Å². The Bertz CT molecular complexity index is 460. The Kier molecular flexibility index (Phi) is 2.81. The number of aromatic hydroxyl groups is 2. The maximum atomic E-state index is 10.8. The highest BCUT2D eigenvalue weighted by molar-refractivity contribution is 7.93. The van der Waals surface area contributed by atoms with Crippen LogP contribution in [0.15, 0.2) is 23.6 Å². The van der Waals surface area contributed by atoms with Crippen molar-refractivity contribution in [3.63, 3.8) is 0 Å². The first-order valence-electron chi connectivity index (χ1n) is 3.78. The van der Waals surface area contributed by atoms with E-state index in [0.29, 0.717) is 0 Å². The Morgan fingerprint density at radius 3 is 2.50 bits per heavy atom. The highest BCUT2D eigenvalue weighted by Crippen LogP contribution is 2.23. The summed E-state index contributed by atoms with van der Waals surface area (Å²) in [6.45, 7) is 0. The summed E-state index contributed by atoms with van der Waals surface area (Å²) in [5.74, 6) is -0.112. The predicted octanol–water partition coefficient (Wildman–Crippen LogP) is 1.11. The normalized spacial score (nSPS) is 12.1. The second-order valence-electron chi connectivity index (χ2n) is 2.88. The molecule has 5 heteroatoms. The largest absolute Gasteiger partial charge is 0.508 e. The molecule has 1 aromatic carbocycles. The fourth-order valence-corrected chi connectivity index (χ4v) is 1.27. The molecule has 0 aliphatic carbocycles.